The van der Waals surface area contributed by atoms with Crippen molar-refractivity contribution in [1.29, 1.82) is 0 Å². The molecule has 0 saturated carbocycles. The lowest BCUT2D eigenvalue weighted by Gasteiger charge is -1.94. The summed E-state index contributed by atoms with van der Waals surface area (Å²) in [6.45, 7) is 8.85. The zero-order valence-electron chi connectivity index (χ0n) is 13.1. The molecular formula is C14H20O8. The second-order valence-electron chi connectivity index (χ2n) is 4.14. The van der Waals surface area contributed by atoms with Gasteiger partial charge in [-0.25, -0.2) is 9.59 Å². The first-order valence-electron chi connectivity index (χ1n) is 6.82. The fourth-order valence-electron chi connectivity index (χ4n) is 1.40. The van der Waals surface area contributed by atoms with E-state index in [1.165, 1.54) is 0 Å². The van der Waals surface area contributed by atoms with E-state index in [1.807, 2.05) is 13.8 Å². The van der Waals surface area contributed by atoms with Crippen molar-refractivity contribution in [2.45, 2.75) is 40.9 Å². The molecule has 8 heteroatoms. The average Bonchev–Trinajstić information content (AvgIpc) is 2.96. The van der Waals surface area contributed by atoms with Gasteiger partial charge in [-0.1, -0.05) is 0 Å². The molecule has 0 bridgehead atoms. The lowest BCUT2D eigenvalue weighted by Crippen LogP contribution is -1.92. The number of hydrogen-bond acceptors (Lipinski definition) is 8. The van der Waals surface area contributed by atoms with E-state index in [-0.39, 0.29) is 0 Å². The number of ether oxygens (including phenoxy) is 2. The Morgan fingerprint density at radius 1 is 0.727 bits per heavy atom. The summed E-state index contributed by atoms with van der Waals surface area (Å²) in [5.41, 5.74) is 0. The molecule has 0 atom stereocenters. The van der Waals surface area contributed by atoms with Crippen molar-refractivity contribution in [3.63, 3.8) is 0 Å². The van der Waals surface area contributed by atoms with E-state index in [0.717, 1.165) is 0 Å². The lowest BCUT2D eigenvalue weighted by molar-refractivity contribution is 0.116. The predicted octanol–water partition coefficient (Wildman–Crippen LogP) is 2.16. The van der Waals surface area contributed by atoms with Gasteiger partial charge in [0.25, 0.3) is 0 Å². The smallest absolute Gasteiger partial charge is 0.396 e. The van der Waals surface area contributed by atoms with E-state index in [2.05, 4.69) is 17.7 Å². The van der Waals surface area contributed by atoms with E-state index in [0.29, 0.717) is 49.5 Å². The highest BCUT2D eigenvalue weighted by atomic mass is 16.6. The Morgan fingerprint density at radius 2 is 1.09 bits per heavy atom. The van der Waals surface area contributed by atoms with Crippen LogP contribution in [-0.4, -0.2) is 13.2 Å². The van der Waals surface area contributed by atoms with Crippen LogP contribution in [-0.2, 0) is 22.7 Å². The summed E-state index contributed by atoms with van der Waals surface area (Å²) < 4.78 is 28.6. The molecule has 124 valence electrons. The van der Waals surface area contributed by atoms with Crippen LogP contribution in [0.4, 0.5) is 0 Å². The van der Waals surface area contributed by atoms with E-state index in [1.54, 1.807) is 13.8 Å². The topological polar surface area (TPSA) is 105 Å². The second kappa shape index (κ2) is 9.06. The quantitative estimate of drug-likeness (QED) is 0.798. The lowest BCUT2D eigenvalue weighted by atomic mass is 10.4. The molecule has 0 amide bonds. The molecule has 0 unspecified atom stereocenters. The number of aryl methyl sites for hydroxylation is 2. The minimum absolute atomic E-state index is 0.300. The summed E-state index contributed by atoms with van der Waals surface area (Å²) in [6.07, 6.45) is 0. The maximum atomic E-state index is 10.5. The molecule has 2 rings (SSSR count). The Bertz CT molecular complexity index is 599. The van der Waals surface area contributed by atoms with Gasteiger partial charge in [-0.3, -0.25) is 0 Å². The molecule has 2 aromatic heterocycles. The highest BCUT2D eigenvalue weighted by molar-refractivity contribution is 4.98. The standard InChI is InChI=1S/2C7H10O4/c2*1-3-9-4-6-5(2)10-7(8)11-6/h2*3-4H2,1-2H3. The van der Waals surface area contributed by atoms with E-state index in [9.17, 15) is 9.59 Å². The summed E-state index contributed by atoms with van der Waals surface area (Å²) >= 11 is 0. The maximum Gasteiger partial charge on any atom is 0.519 e. The van der Waals surface area contributed by atoms with Crippen LogP contribution < -0.4 is 11.6 Å². The van der Waals surface area contributed by atoms with Gasteiger partial charge in [0.15, 0.2) is 11.5 Å². The van der Waals surface area contributed by atoms with Crippen LogP contribution in [0.15, 0.2) is 27.3 Å². The molecule has 0 aliphatic heterocycles. The van der Waals surface area contributed by atoms with E-state index < -0.39 is 11.6 Å². The van der Waals surface area contributed by atoms with E-state index in [4.69, 9.17) is 9.47 Å². The zero-order chi connectivity index (χ0) is 16.5. The van der Waals surface area contributed by atoms with Crippen molar-refractivity contribution in [2.75, 3.05) is 13.2 Å². The third kappa shape index (κ3) is 5.74. The summed E-state index contributed by atoms with van der Waals surface area (Å²) in [5, 5.41) is 0. The molecule has 0 aromatic carbocycles. The average molecular weight is 316 g/mol. The molecule has 0 aliphatic rings. The minimum Gasteiger partial charge on any atom is -0.396 e. The van der Waals surface area contributed by atoms with Crippen LogP contribution in [0.2, 0.25) is 0 Å². The largest absolute Gasteiger partial charge is 0.519 e. The molecule has 0 saturated heterocycles. The molecule has 0 fully saturated rings. The number of hydrogen-bond donors (Lipinski definition) is 0. The predicted molar refractivity (Wildman–Crippen MR) is 74.6 cm³/mol. The summed E-state index contributed by atoms with van der Waals surface area (Å²) in [6, 6.07) is 0. The second-order valence-corrected chi connectivity index (χ2v) is 4.14. The van der Waals surface area contributed by atoms with Gasteiger partial charge in [0.1, 0.15) is 24.7 Å². The fraction of sp³-hybridized carbons (Fsp3) is 0.571. The van der Waals surface area contributed by atoms with Gasteiger partial charge in [0, 0.05) is 13.2 Å². The maximum absolute atomic E-state index is 10.5. The Kier molecular flexibility index (Phi) is 7.41. The van der Waals surface area contributed by atoms with Crippen molar-refractivity contribution >= 4 is 0 Å². The first kappa shape index (κ1) is 18.0. The van der Waals surface area contributed by atoms with Crippen molar-refractivity contribution in [3.8, 4) is 0 Å². The van der Waals surface area contributed by atoms with Gasteiger partial charge in [0.05, 0.1) is 0 Å². The van der Waals surface area contributed by atoms with Gasteiger partial charge in [-0.15, -0.1) is 0 Å². The van der Waals surface area contributed by atoms with E-state index >= 15 is 0 Å². The summed E-state index contributed by atoms with van der Waals surface area (Å²) in [7, 11) is 0. The highest BCUT2D eigenvalue weighted by Crippen LogP contribution is 2.06. The van der Waals surface area contributed by atoms with Crippen molar-refractivity contribution in [3.05, 3.63) is 44.3 Å². The summed E-state index contributed by atoms with van der Waals surface area (Å²) in [5.74, 6) is 0.579. The Balaban J connectivity index is 0.000000220. The van der Waals surface area contributed by atoms with Crippen molar-refractivity contribution < 1.29 is 27.1 Å². The van der Waals surface area contributed by atoms with Crippen LogP contribution in [0.1, 0.15) is 36.9 Å². The molecule has 0 spiro atoms. The molecule has 2 heterocycles. The normalized spacial score (nSPS) is 10.4. The molecule has 0 radical (unpaired) electrons. The first-order valence-corrected chi connectivity index (χ1v) is 6.82. The van der Waals surface area contributed by atoms with Crippen LogP contribution in [0.3, 0.4) is 0 Å². The van der Waals surface area contributed by atoms with Crippen molar-refractivity contribution in [1.82, 2.24) is 0 Å². The fourth-order valence-corrected chi connectivity index (χ4v) is 1.40. The third-order valence-corrected chi connectivity index (χ3v) is 2.55. The van der Waals surface area contributed by atoms with Gasteiger partial charge in [-0.2, -0.15) is 0 Å². The van der Waals surface area contributed by atoms with Crippen molar-refractivity contribution in [2.24, 2.45) is 0 Å². The summed E-state index contributed by atoms with van der Waals surface area (Å²) in [4.78, 5) is 21.0. The SMILES string of the molecule is CCOCc1oc(=O)oc1C.CCOCc1oc(=O)oc1C. The van der Waals surface area contributed by atoms with Crippen LogP contribution in [0.5, 0.6) is 0 Å². The third-order valence-electron chi connectivity index (χ3n) is 2.55. The van der Waals surface area contributed by atoms with Crippen LogP contribution >= 0.6 is 0 Å². The van der Waals surface area contributed by atoms with Crippen LogP contribution in [0.25, 0.3) is 0 Å². The first-order chi connectivity index (χ1) is 10.5. The minimum atomic E-state index is -0.669. The van der Waals surface area contributed by atoms with Gasteiger partial charge in [-0.05, 0) is 27.7 Å². The van der Waals surface area contributed by atoms with Gasteiger partial charge >= 0.3 is 11.6 Å². The van der Waals surface area contributed by atoms with Gasteiger partial charge < -0.3 is 27.1 Å². The molecule has 2 aromatic rings. The Hall–Kier alpha value is -2.06. The molecular weight excluding hydrogens is 296 g/mol. The Morgan fingerprint density at radius 3 is 1.32 bits per heavy atom. The number of rotatable bonds is 6. The molecule has 22 heavy (non-hydrogen) atoms. The molecule has 0 aliphatic carbocycles. The Labute approximate surface area is 126 Å². The zero-order valence-corrected chi connectivity index (χ0v) is 13.1. The highest BCUT2D eigenvalue weighted by Gasteiger charge is 2.07. The molecule has 0 N–H and O–H groups in total. The van der Waals surface area contributed by atoms with Crippen LogP contribution in [0, 0.1) is 13.8 Å². The molecule has 8 nitrogen and oxygen atoms in total. The van der Waals surface area contributed by atoms with Gasteiger partial charge in [0.2, 0.25) is 0 Å². The monoisotopic (exact) mass is 316 g/mol.